The second-order valence-corrected chi connectivity index (χ2v) is 16.2. The van der Waals surface area contributed by atoms with Gasteiger partial charge in [0.05, 0.1) is 44.2 Å². The Morgan fingerprint density at radius 3 is 2.66 bits per heavy atom. The van der Waals surface area contributed by atoms with Gasteiger partial charge in [-0.25, -0.2) is 4.68 Å². The van der Waals surface area contributed by atoms with Gasteiger partial charge in [0.15, 0.2) is 0 Å². The molecule has 3 heterocycles. The maximum atomic E-state index is 9.33. The largest absolute Gasteiger partial charge is 0.543 e. The van der Waals surface area contributed by atoms with Crippen molar-refractivity contribution in [2.24, 2.45) is 0 Å². The summed E-state index contributed by atoms with van der Waals surface area (Å²) in [6, 6.07) is 8.26. The van der Waals surface area contributed by atoms with E-state index in [1.54, 1.807) is 6.92 Å². The highest BCUT2D eigenvalue weighted by Gasteiger charge is 2.39. The Morgan fingerprint density at radius 2 is 1.97 bits per heavy atom. The van der Waals surface area contributed by atoms with E-state index in [4.69, 9.17) is 23.7 Å². The minimum atomic E-state index is -2.02. The van der Waals surface area contributed by atoms with Crippen molar-refractivity contribution in [2.45, 2.75) is 71.3 Å². The molecule has 0 radical (unpaired) electrons. The van der Waals surface area contributed by atoms with Gasteiger partial charge in [-0.15, -0.1) is 0 Å². The lowest BCUT2D eigenvalue weighted by Gasteiger charge is -2.36. The monoisotopic (exact) mass is 542 g/mol. The van der Waals surface area contributed by atoms with Crippen LogP contribution in [0.15, 0.2) is 36.7 Å². The molecule has 1 saturated heterocycles. The number of hydrogen-bond donors (Lipinski definition) is 2. The maximum Gasteiger partial charge on any atom is 0.250 e. The van der Waals surface area contributed by atoms with Gasteiger partial charge in [0, 0.05) is 29.9 Å². The zero-order chi connectivity index (χ0) is 27.5. The van der Waals surface area contributed by atoms with E-state index in [1.807, 2.05) is 30.1 Å². The summed E-state index contributed by atoms with van der Waals surface area (Å²) in [5.41, 5.74) is 3.63. The number of aliphatic hydroxyl groups is 1. The van der Waals surface area contributed by atoms with Gasteiger partial charge in [0.2, 0.25) is 14.7 Å². The van der Waals surface area contributed by atoms with Crippen LogP contribution >= 0.6 is 0 Å². The van der Waals surface area contributed by atoms with Crippen LogP contribution in [0.2, 0.25) is 18.1 Å². The molecule has 0 bridgehead atoms. The average molecular weight is 543 g/mol. The molecule has 1 aliphatic rings. The number of fused-ring (bicyclic) bond motifs is 1. The first-order valence-corrected chi connectivity index (χ1v) is 16.3. The number of benzene rings is 1. The number of rotatable bonds is 11. The van der Waals surface area contributed by atoms with E-state index in [2.05, 4.69) is 62.4 Å². The highest BCUT2D eigenvalue weighted by molar-refractivity contribution is 6.74. The van der Waals surface area contributed by atoms with Crippen LogP contribution in [0.5, 0.6) is 5.75 Å². The molecule has 2 N–H and O–H groups in total. The van der Waals surface area contributed by atoms with E-state index in [0.29, 0.717) is 26.4 Å². The summed E-state index contributed by atoms with van der Waals surface area (Å²) in [7, 11) is -2.02. The Balaban J connectivity index is 1.64. The normalized spacial score (nSPS) is 18.2. The Bertz CT molecular complexity index is 1220. The SMILES string of the molecule is CC(OCCOC[C@@H](C)O)c1cncc(-c2nn(C3NCCO3)c3ccc(O[Si](C)(C)C(C)(C)C)cc23)c1. The molecule has 38 heavy (non-hydrogen) atoms. The van der Waals surface area contributed by atoms with E-state index in [-0.39, 0.29) is 17.5 Å². The third kappa shape index (κ3) is 6.62. The molecule has 0 amide bonds. The summed E-state index contributed by atoms with van der Waals surface area (Å²) in [5.74, 6) is 0.850. The summed E-state index contributed by atoms with van der Waals surface area (Å²) < 4.78 is 25.8. The quantitative estimate of drug-likeness (QED) is 0.257. The van der Waals surface area contributed by atoms with Crippen LogP contribution in [0.25, 0.3) is 22.2 Å². The van der Waals surface area contributed by atoms with E-state index >= 15 is 0 Å². The summed E-state index contributed by atoms with van der Waals surface area (Å²) in [5, 5.41) is 18.8. The minimum absolute atomic E-state index is 0.0896. The third-order valence-corrected chi connectivity index (χ3v) is 11.6. The smallest absolute Gasteiger partial charge is 0.250 e. The first kappa shape index (κ1) is 28.7. The number of hydrogen-bond acceptors (Lipinski definition) is 8. The third-order valence-electron chi connectivity index (χ3n) is 7.23. The van der Waals surface area contributed by atoms with Crippen molar-refractivity contribution >= 4 is 19.2 Å². The lowest BCUT2D eigenvalue weighted by molar-refractivity contribution is -0.0115. The van der Waals surface area contributed by atoms with Crippen LogP contribution in [-0.2, 0) is 14.2 Å². The highest BCUT2D eigenvalue weighted by Crippen LogP contribution is 2.39. The molecular formula is C28H42N4O5Si. The van der Waals surface area contributed by atoms with Gasteiger partial charge < -0.3 is 23.7 Å². The Labute approximate surface area is 226 Å². The first-order valence-electron chi connectivity index (χ1n) is 13.4. The van der Waals surface area contributed by atoms with Crippen LogP contribution in [0.1, 0.15) is 52.6 Å². The standard InChI is InChI=1S/C28H42N4O5Si/c1-19(33)18-34-12-13-35-20(2)21-14-22(17-29-16-21)26-24-15-23(37-38(6,7)28(3,4)5)8-9-25(24)32(31-26)27-30-10-11-36-27/h8-9,14-17,19-20,27,30,33H,10-13,18H2,1-7H3/t19-,20?,27?/m1/s1. The number of nitrogens with zero attached hydrogens (tertiary/aromatic N) is 3. The fourth-order valence-electron chi connectivity index (χ4n) is 4.04. The molecule has 0 saturated carbocycles. The molecule has 1 fully saturated rings. The molecule has 208 valence electrons. The summed E-state index contributed by atoms with van der Waals surface area (Å²) in [6.07, 6.45) is 2.66. The predicted molar refractivity (Wildman–Crippen MR) is 151 cm³/mol. The molecule has 2 unspecified atom stereocenters. The van der Waals surface area contributed by atoms with Gasteiger partial charge in [-0.1, -0.05) is 20.8 Å². The Hall–Kier alpha value is -2.34. The number of ether oxygens (including phenoxy) is 3. The molecule has 2 aromatic heterocycles. The molecule has 10 heteroatoms. The van der Waals surface area contributed by atoms with Gasteiger partial charge >= 0.3 is 0 Å². The van der Waals surface area contributed by atoms with Gasteiger partial charge in [-0.2, -0.15) is 5.10 Å². The summed E-state index contributed by atoms with van der Waals surface area (Å²) in [4.78, 5) is 4.51. The maximum absolute atomic E-state index is 9.33. The second kappa shape index (κ2) is 11.8. The topological polar surface area (TPSA) is 99.9 Å². The fraction of sp³-hybridized carbons (Fsp3) is 0.571. The van der Waals surface area contributed by atoms with Gasteiger partial charge in [-0.05, 0) is 61.8 Å². The molecular weight excluding hydrogens is 500 g/mol. The lowest BCUT2D eigenvalue weighted by atomic mass is 10.1. The second-order valence-electron chi connectivity index (χ2n) is 11.5. The molecule has 9 nitrogen and oxygen atoms in total. The van der Waals surface area contributed by atoms with Crippen LogP contribution in [-0.4, -0.2) is 67.3 Å². The molecule has 1 aromatic carbocycles. The summed E-state index contributed by atoms with van der Waals surface area (Å²) in [6.45, 7) is 17.5. The Kier molecular flexibility index (Phi) is 8.91. The first-order chi connectivity index (χ1) is 18.0. The van der Waals surface area contributed by atoms with Crippen molar-refractivity contribution in [2.75, 3.05) is 33.0 Å². The summed E-state index contributed by atoms with van der Waals surface area (Å²) >= 11 is 0. The number of aromatic nitrogens is 3. The van der Waals surface area contributed by atoms with Crippen LogP contribution in [0.3, 0.4) is 0 Å². The molecule has 4 rings (SSSR count). The fourth-order valence-corrected chi connectivity index (χ4v) is 5.06. The van der Waals surface area contributed by atoms with E-state index in [1.165, 1.54) is 0 Å². The minimum Gasteiger partial charge on any atom is -0.543 e. The van der Waals surface area contributed by atoms with Crippen molar-refractivity contribution in [1.29, 1.82) is 0 Å². The molecule has 1 aliphatic heterocycles. The van der Waals surface area contributed by atoms with Gasteiger partial charge in [-0.3, -0.25) is 10.3 Å². The highest BCUT2D eigenvalue weighted by atomic mass is 28.4. The lowest BCUT2D eigenvalue weighted by Crippen LogP contribution is -2.43. The van der Waals surface area contributed by atoms with E-state index in [0.717, 1.165) is 40.0 Å². The van der Waals surface area contributed by atoms with Crippen molar-refractivity contribution < 1.29 is 23.7 Å². The zero-order valence-corrected chi connectivity index (χ0v) is 24.7. The van der Waals surface area contributed by atoms with E-state index < -0.39 is 14.4 Å². The molecule has 3 atom stereocenters. The van der Waals surface area contributed by atoms with E-state index in [9.17, 15) is 5.11 Å². The number of aliphatic hydroxyl groups excluding tert-OH is 1. The average Bonchev–Trinajstić information content (AvgIpc) is 3.50. The molecule has 3 aromatic rings. The number of pyridine rings is 1. The Morgan fingerprint density at radius 1 is 1.18 bits per heavy atom. The number of nitrogens with one attached hydrogen (secondary N) is 1. The van der Waals surface area contributed by atoms with Crippen LogP contribution < -0.4 is 9.74 Å². The van der Waals surface area contributed by atoms with Crippen molar-refractivity contribution in [1.82, 2.24) is 20.1 Å². The van der Waals surface area contributed by atoms with Gasteiger partial charge in [0.25, 0.3) is 0 Å². The van der Waals surface area contributed by atoms with Crippen molar-refractivity contribution in [3.8, 4) is 17.0 Å². The van der Waals surface area contributed by atoms with Crippen LogP contribution in [0.4, 0.5) is 0 Å². The van der Waals surface area contributed by atoms with Crippen molar-refractivity contribution in [3.05, 3.63) is 42.2 Å². The molecule has 0 spiro atoms. The molecule has 0 aliphatic carbocycles. The van der Waals surface area contributed by atoms with Crippen molar-refractivity contribution in [3.63, 3.8) is 0 Å². The zero-order valence-electron chi connectivity index (χ0n) is 23.7. The van der Waals surface area contributed by atoms with Crippen LogP contribution in [0, 0.1) is 0 Å². The predicted octanol–water partition coefficient (Wildman–Crippen LogP) is 5.03. The van der Waals surface area contributed by atoms with Gasteiger partial charge in [0.1, 0.15) is 11.4 Å².